The molecule has 0 radical (unpaired) electrons. The number of aromatic amines is 1. The molecule has 1 aromatic carbocycles. The van der Waals surface area contributed by atoms with E-state index in [0.29, 0.717) is 0 Å². The van der Waals surface area contributed by atoms with Gasteiger partial charge < -0.3 is 5.32 Å². The van der Waals surface area contributed by atoms with E-state index in [0.717, 1.165) is 33.7 Å². The first-order chi connectivity index (χ1) is 10.4. The van der Waals surface area contributed by atoms with Crippen molar-refractivity contribution >= 4 is 32.2 Å². The number of anilines is 2. The van der Waals surface area contributed by atoms with E-state index < -0.39 is 9.84 Å². The van der Waals surface area contributed by atoms with Crippen LogP contribution in [0.4, 0.5) is 11.5 Å². The Morgan fingerprint density at radius 3 is 2.59 bits per heavy atom. The SMILES string of the molecule is Cc1n[nH]c(Nc2ccnc3ccc(S(C)(=O)=O)cc23)c1C. The lowest BCUT2D eigenvalue weighted by atomic mass is 10.2. The monoisotopic (exact) mass is 316 g/mol. The highest BCUT2D eigenvalue weighted by Gasteiger charge is 2.12. The van der Waals surface area contributed by atoms with Crippen molar-refractivity contribution in [3.63, 3.8) is 0 Å². The molecule has 0 aliphatic carbocycles. The average molecular weight is 316 g/mol. The topological polar surface area (TPSA) is 87.7 Å². The fourth-order valence-corrected chi connectivity index (χ4v) is 2.86. The lowest BCUT2D eigenvalue weighted by Gasteiger charge is -2.09. The lowest BCUT2D eigenvalue weighted by molar-refractivity contribution is 0.602. The van der Waals surface area contributed by atoms with Gasteiger partial charge in [0, 0.05) is 23.4 Å². The molecule has 0 saturated heterocycles. The van der Waals surface area contributed by atoms with Crippen molar-refractivity contribution in [2.45, 2.75) is 18.7 Å². The highest BCUT2D eigenvalue weighted by Crippen LogP contribution is 2.28. The molecule has 0 aliphatic rings. The predicted molar refractivity (Wildman–Crippen MR) is 86.2 cm³/mol. The van der Waals surface area contributed by atoms with Crippen molar-refractivity contribution in [1.82, 2.24) is 15.2 Å². The maximum absolute atomic E-state index is 11.7. The average Bonchev–Trinajstić information content (AvgIpc) is 2.78. The summed E-state index contributed by atoms with van der Waals surface area (Å²) in [5, 5.41) is 11.1. The molecular formula is C15H16N4O2S. The largest absolute Gasteiger partial charge is 0.340 e. The smallest absolute Gasteiger partial charge is 0.175 e. The molecule has 3 rings (SSSR count). The quantitative estimate of drug-likeness (QED) is 0.775. The summed E-state index contributed by atoms with van der Waals surface area (Å²) in [6.45, 7) is 3.88. The Hall–Kier alpha value is -2.41. The van der Waals surface area contributed by atoms with Crippen LogP contribution in [0.15, 0.2) is 35.4 Å². The number of benzene rings is 1. The molecule has 6 nitrogen and oxygen atoms in total. The van der Waals surface area contributed by atoms with E-state index in [-0.39, 0.29) is 4.90 Å². The number of fused-ring (bicyclic) bond motifs is 1. The normalized spacial score (nSPS) is 11.8. The minimum atomic E-state index is -3.26. The predicted octanol–water partition coefficient (Wildman–Crippen LogP) is 2.72. The van der Waals surface area contributed by atoms with Crippen LogP contribution in [0.5, 0.6) is 0 Å². The third-order valence-electron chi connectivity index (χ3n) is 3.65. The van der Waals surface area contributed by atoms with Crippen molar-refractivity contribution in [3.05, 3.63) is 41.7 Å². The Labute approximate surface area is 128 Å². The van der Waals surface area contributed by atoms with Crippen LogP contribution in [0.3, 0.4) is 0 Å². The molecule has 0 atom stereocenters. The number of rotatable bonds is 3. The minimum Gasteiger partial charge on any atom is -0.340 e. The number of H-pyrrole nitrogens is 1. The van der Waals surface area contributed by atoms with Crippen LogP contribution >= 0.6 is 0 Å². The first kappa shape index (κ1) is 14.5. The zero-order chi connectivity index (χ0) is 15.9. The minimum absolute atomic E-state index is 0.272. The summed E-state index contributed by atoms with van der Waals surface area (Å²) in [5.74, 6) is 0.787. The van der Waals surface area contributed by atoms with E-state index in [1.807, 2.05) is 19.9 Å². The van der Waals surface area contributed by atoms with Gasteiger partial charge in [-0.3, -0.25) is 10.1 Å². The Kier molecular flexibility index (Phi) is 3.37. The Morgan fingerprint density at radius 1 is 1.18 bits per heavy atom. The van der Waals surface area contributed by atoms with Crippen molar-refractivity contribution in [2.24, 2.45) is 0 Å². The molecule has 3 aromatic rings. The number of hydrogen-bond donors (Lipinski definition) is 2. The summed E-state index contributed by atoms with van der Waals surface area (Å²) >= 11 is 0. The molecule has 114 valence electrons. The maximum atomic E-state index is 11.7. The van der Waals surface area contributed by atoms with Crippen LogP contribution in [0.25, 0.3) is 10.9 Å². The van der Waals surface area contributed by atoms with E-state index >= 15 is 0 Å². The van der Waals surface area contributed by atoms with Gasteiger partial charge in [0.25, 0.3) is 0 Å². The summed E-state index contributed by atoms with van der Waals surface area (Å²) in [5.41, 5.74) is 3.44. The molecular weight excluding hydrogens is 300 g/mol. The second kappa shape index (κ2) is 5.10. The molecule has 0 spiro atoms. The van der Waals surface area contributed by atoms with Gasteiger partial charge >= 0.3 is 0 Å². The summed E-state index contributed by atoms with van der Waals surface area (Å²) < 4.78 is 23.5. The number of pyridine rings is 1. The third kappa shape index (κ3) is 2.55. The second-order valence-electron chi connectivity index (χ2n) is 5.24. The summed E-state index contributed by atoms with van der Waals surface area (Å²) in [7, 11) is -3.26. The van der Waals surface area contributed by atoms with E-state index in [2.05, 4.69) is 20.5 Å². The van der Waals surface area contributed by atoms with E-state index in [1.165, 1.54) is 6.26 Å². The molecule has 7 heteroatoms. The molecule has 2 N–H and O–H groups in total. The summed E-state index contributed by atoms with van der Waals surface area (Å²) in [6.07, 6.45) is 2.88. The molecule has 0 aliphatic heterocycles. The highest BCUT2D eigenvalue weighted by atomic mass is 32.2. The van der Waals surface area contributed by atoms with E-state index in [9.17, 15) is 8.42 Å². The van der Waals surface area contributed by atoms with Crippen LogP contribution in [0, 0.1) is 13.8 Å². The zero-order valence-corrected chi connectivity index (χ0v) is 13.3. The third-order valence-corrected chi connectivity index (χ3v) is 4.76. The first-order valence-electron chi connectivity index (χ1n) is 6.73. The fraction of sp³-hybridized carbons (Fsp3) is 0.200. The number of aryl methyl sites for hydroxylation is 1. The van der Waals surface area contributed by atoms with Crippen LogP contribution < -0.4 is 5.32 Å². The summed E-state index contributed by atoms with van der Waals surface area (Å²) in [4.78, 5) is 4.55. The van der Waals surface area contributed by atoms with Gasteiger partial charge in [-0.1, -0.05) is 0 Å². The maximum Gasteiger partial charge on any atom is 0.175 e. The second-order valence-corrected chi connectivity index (χ2v) is 7.26. The molecule has 2 heterocycles. The lowest BCUT2D eigenvalue weighted by Crippen LogP contribution is -1.99. The Morgan fingerprint density at radius 2 is 1.95 bits per heavy atom. The number of hydrogen-bond acceptors (Lipinski definition) is 5. The number of sulfone groups is 1. The van der Waals surface area contributed by atoms with Gasteiger partial charge in [-0.15, -0.1) is 0 Å². The van der Waals surface area contributed by atoms with E-state index in [4.69, 9.17) is 0 Å². The van der Waals surface area contributed by atoms with Crippen LogP contribution in [0.1, 0.15) is 11.3 Å². The van der Waals surface area contributed by atoms with Gasteiger partial charge in [0.1, 0.15) is 5.82 Å². The number of aromatic nitrogens is 3. The molecule has 0 unspecified atom stereocenters. The molecule has 0 fully saturated rings. The van der Waals surface area contributed by atoms with Crippen LogP contribution in [-0.2, 0) is 9.84 Å². The summed E-state index contributed by atoms with van der Waals surface area (Å²) in [6, 6.07) is 6.73. The molecule has 0 bridgehead atoms. The zero-order valence-electron chi connectivity index (χ0n) is 12.5. The van der Waals surface area contributed by atoms with E-state index in [1.54, 1.807) is 24.4 Å². The molecule has 22 heavy (non-hydrogen) atoms. The van der Waals surface area contributed by atoms with Gasteiger partial charge in [0.05, 0.1) is 21.8 Å². The molecule has 2 aromatic heterocycles. The van der Waals surface area contributed by atoms with Crippen LogP contribution in [-0.4, -0.2) is 29.9 Å². The standard InChI is InChI=1S/C15H16N4O2S/c1-9-10(2)18-19-15(9)17-14-6-7-16-13-5-4-11(8-12(13)14)22(3,20)21/h4-8H,1-3H3,(H2,16,17,18,19). The molecule has 0 saturated carbocycles. The van der Waals surface area contributed by atoms with Crippen molar-refractivity contribution in [1.29, 1.82) is 0 Å². The fourth-order valence-electron chi connectivity index (χ4n) is 2.21. The highest BCUT2D eigenvalue weighted by molar-refractivity contribution is 7.90. The van der Waals surface area contributed by atoms with Crippen molar-refractivity contribution in [2.75, 3.05) is 11.6 Å². The van der Waals surface area contributed by atoms with Crippen molar-refractivity contribution in [3.8, 4) is 0 Å². The van der Waals surface area contributed by atoms with Gasteiger partial charge in [0.2, 0.25) is 0 Å². The Bertz CT molecular complexity index is 961. The van der Waals surface area contributed by atoms with Gasteiger partial charge in [-0.05, 0) is 38.1 Å². The first-order valence-corrected chi connectivity index (χ1v) is 8.63. The van der Waals surface area contributed by atoms with Gasteiger partial charge in [0.15, 0.2) is 9.84 Å². The number of nitrogens with one attached hydrogen (secondary N) is 2. The molecule has 0 amide bonds. The van der Waals surface area contributed by atoms with Gasteiger partial charge in [-0.2, -0.15) is 5.10 Å². The number of nitrogens with zero attached hydrogens (tertiary/aromatic N) is 2. The Balaban J connectivity index is 2.15. The van der Waals surface area contributed by atoms with Crippen molar-refractivity contribution < 1.29 is 8.42 Å². The van der Waals surface area contributed by atoms with Gasteiger partial charge in [-0.25, -0.2) is 8.42 Å². The van der Waals surface area contributed by atoms with Crippen LogP contribution in [0.2, 0.25) is 0 Å².